The lowest BCUT2D eigenvalue weighted by Crippen LogP contribution is -2.15. The largest absolute Gasteiger partial charge is 0.309 e. The van der Waals surface area contributed by atoms with Gasteiger partial charge < -0.3 is 14.4 Å². The van der Waals surface area contributed by atoms with Crippen LogP contribution in [-0.2, 0) is 0 Å². The Morgan fingerprint density at radius 2 is 0.925 bits per heavy atom. The van der Waals surface area contributed by atoms with Crippen molar-refractivity contribution >= 4 is 172 Å². The van der Waals surface area contributed by atoms with Crippen molar-refractivity contribution in [2.24, 2.45) is 0 Å². The van der Waals surface area contributed by atoms with Crippen molar-refractivity contribution in [1.29, 1.82) is 0 Å². The standard InChI is InChI=1S/C72H39N5S3/c1-2-13-42(14-3-1)75-60-29-26-43(77-59-21-9-5-15-45(59)53-35-55-49-18-7-11-24-65(49)79-72(55)57-38-73-39-63(77)69(53)57)33-51(60)47-28-25-40(31-62(47)75)41-32-67-70(74-37-41)56-36-54-46-16-4-8-20-58(46)76(61-22-12-19-50(68(54)61)71(56)80-67)44-27-30-66-52(34-44)48-17-6-10-23-64(48)78-66/h1-39H. The summed E-state index contributed by atoms with van der Waals surface area (Å²) in [5, 5.41) is 13.7. The summed E-state index contributed by atoms with van der Waals surface area (Å²) in [6, 6.07) is 81.1. The van der Waals surface area contributed by atoms with Gasteiger partial charge >= 0.3 is 0 Å². The molecular formula is C72H39N5S3. The lowest BCUT2D eigenvalue weighted by atomic mass is 9.89. The number of hydrogen-bond acceptors (Lipinski definition) is 7. The molecule has 80 heavy (non-hydrogen) atoms. The Labute approximate surface area is 469 Å². The van der Waals surface area contributed by atoms with Crippen molar-refractivity contribution in [3.05, 3.63) is 237 Å². The second kappa shape index (κ2) is 16.0. The van der Waals surface area contributed by atoms with Gasteiger partial charge in [-0.25, -0.2) is 0 Å². The Hall–Kier alpha value is -9.70. The van der Waals surface area contributed by atoms with E-state index in [2.05, 4.69) is 251 Å². The molecule has 2 aliphatic rings. The van der Waals surface area contributed by atoms with E-state index >= 15 is 0 Å². The third kappa shape index (κ3) is 5.83. The number of hydrogen-bond donors (Lipinski definition) is 0. The molecule has 8 heteroatoms. The predicted octanol–water partition coefficient (Wildman–Crippen LogP) is 21.6. The van der Waals surface area contributed by atoms with Gasteiger partial charge in [-0.1, -0.05) is 115 Å². The molecule has 0 amide bonds. The zero-order valence-corrected chi connectivity index (χ0v) is 44.9. The first kappa shape index (κ1) is 43.3. The van der Waals surface area contributed by atoms with Gasteiger partial charge in [0.25, 0.3) is 0 Å². The minimum atomic E-state index is 1.04. The molecule has 0 unspecified atom stereocenters. The highest BCUT2D eigenvalue weighted by Crippen LogP contribution is 2.57. The smallest absolute Gasteiger partial charge is 0.0889 e. The maximum Gasteiger partial charge on any atom is 0.0889 e. The van der Waals surface area contributed by atoms with E-state index in [0.717, 1.165) is 50.4 Å². The summed E-state index contributed by atoms with van der Waals surface area (Å²) >= 11 is 5.58. The first-order chi connectivity index (χ1) is 39.7. The van der Waals surface area contributed by atoms with Crippen LogP contribution in [0.3, 0.4) is 0 Å². The summed E-state index contributed by atoms with van der Waals surface area (Å²) in [6.45, 7) is 0. The molecule has 0 saturated carbocycles. The van der Waals surface area contributed by atoms with Crippen molar-refractivity contribution in [3.63, 3.8) is 0 Å². The molecule has 0 spiro atoms. The summed E-state index contributed by atoms with van der Waals surface area (Å²) in [7, 11) is 0. The second-order valence-electron chi connectivity index (χ2n) is 21.2. The molecule has 19 rings (SSSR count). The van der Waals surface area contributed by atoms with Crippen molar-refractivity contribution in [3.8, 4) is 39.1 Å². The third-order valence-corrected chi connectivity index (χ3v) is 20.6. The van der Waals surface area contributed by atoms with Crippen LogP contribution >= 0.6 is 34.0 Å². The fourth-order valence-corrected chi connectivity index (χ4v) is 17.2. The maximum atomic E-state index is 5.36. The van der Waals surface area contributed by atoms with Gasteiger partial charge in [0, 0.05) is 129 Å². The second-order valence-corrected chi connectivity index (χ2v) is 24.4. The number of pyridine rings is 2. The highest BCUT2D eigenvalue weighted by molar-refractivity contribution is 7.27. The fraction of sp³-hybridized carbons (Fsp3) is 0. The Bertz CT molecular complexity index is 5590. The number of rotatable bonds is 4. The van der Waals surface area contributed by atoms with E-state index in [1.54, 1.807) is 0 Å². The monoisotopic (exact) mass is 1070 g/mol. The van der Waals surface area contributed by atoms with Crippen LogP contribution in [0.2, 0.25) is 0 Å². The third-order valence-electron chi connectivity index (χ3n) is 17.1. The molecule has 370 valence electrons. The fourth-order valence-electron chi connectivity index (χ4n) is 13.7. The van der Waals surface area contributed by atoms with Crippen LogP contribution < -0.4 is 9.80 Å². The minimum Gasteiger partial charge on any atom is -0.309 e. The first-order valence-corrected chi connectivity index (χ1v) is 29.5. The summed E-state index contributed by atoms with van der Waals surface area (Å²) in [4.78, 5) is 15.2. The van der Waals surface area contributed by atoms with Crippen molar-refractivity contribution in [2.75, 3.05) is 9.80 Å². The van der Waals surface area contributed by atoms with Crippen molar-refractivity contribution in [2.45, 2.75) is 0 Å². The molecule has 5 nitrogen and oxygen atoms in total. The van der Waals surface area contributed by atoms with Crippen molar-refractivity contribution < 1.29 is 0 Å². The van der Waals surface area contributed by atoms with Crippen molar-refractivity contribution in [1.82, 2.24) is 14.5 Å². The minimum absolute atomic E-state index is 1.04. The maximum absolute atomic E-state index is 5.36. The van der Waals surface area contributed by atoms with Crippen LogP contribution in [0, 0.1) is 0 Å². The number of nitrogens with zero attached hydrogens (tertiary/aromatic N) is 5. The molecular weight excluding hydrogens is 1030 g/mol. The lowest BCUT2D eigenvalue weighted by Gasteiger charge is -2.33. The zero-order chi connectivity index (χ0) is 51.9. The summed E-state index contributed by atoms with van der Waals surface area (Å²) in [5.74, 6) is 0. The van der Waals surface area contributed by atoms with Crippen LogP contribution in [0.5, 0.6) is 0 Å². The van der Waals surface area contributed by atoms with Crippen LogP contribution in [0.1, 0.15) is 0 Å². The Morgan fingerprint density at radius 1 is 0.300 bits per heavy atom. The molecule has 0 atom stereocenters. The molecule has 0 radical (unpaired) electrons. The molecule has 0 bridgehead atoms. The van der Waals surface area contributed by atoms with E-state index in [1.165, 1.54) is 127 Å². The van der Waals surface area contributed by atoms with Crippen LogP contribution in [0.15, 0.2) is 237 Å². The molecule has 8 heterocycles. The molecule has 17 aromatic rings. The van der Waals surface area contributed by atoms with Gasteiger partial charge in [-0.05, 0) is 120 Å². The summed E-state index contributed by atoms with van der Waals surface area (Å²) in [5.41, 5.74) is 18.5. The molecule has 0 saturated heterocycles. The highest BCUT2D eigenvalue weighted by atomic mass is 32.1. The number of anilines is 6. The van der Waals surface area contributed by atoms with Crippen LogP contribution in [0.25, 0.3) is 143 Å². The van der Waals surface area contributed by atoms with E-state index in [-0.39, 0.29) is 0 Å². The van der Waals surface area contributed by atoms with Gasteiger partial charge in [-0.15, -0.1) is 34.0 Å². The molecule has 6 aromatic heterocycles. The summed E-state index contributed by atoms with van der Waals surface area (Å²) < 4.78 is 10.1. The van der Waals surface area contributed by atoms with E-state index in [1.807, 2.05) is 34.0 Å². The average molecular weight is 1070 g/mol. The highest BCUT2D eigenvalue weighted by Gasteiger charge is 2.31. The van der Waals surface area contributed by atoms with Gasteiger partial charge in [0.15, 0.2) is 0 Å². The summed E-state index contributed by atoms with van der Waals surface area (Å²) in [6.07, 6.45) is 6.22. The zero-order valence-electron chi connectivity index (χ0n) is 42.5. The topological polar surface area (TPSA) is 37.2 Å². The Morgan fingerprint density at radius 3 is 1.75 bits per heavy atom. The molecule has 0 N–H and O–H groups in total. The Kier molecular flexibility index (Phi) is 8.64. The number of benzene rings is 11. The molecule has 11 aromatic carbocycles. The Balaban J connectivity index is 0.764. The van der Waals surface area contributed by atoms with E-state index in [0.29, 0.717) is 0 Å². The number of aromatic nitrogens is 3. The molecule has 0 fully saturated rings. The van der Waals surface area contributed by atoms with Gasteiger partial charge in [-0.2, -0.15) is 0 Å². The average Bonchev–Trinajstić information content (AvgIpc) is 4.42. The van der Waals surface area contributed by atoms with Gasteiger partial charge in [0.05, 0.1) is 50.2 Å². The number of para-hydroxylation sites is 3. The SMILES string of the molecule is c1ccc(-n2c3ccc(N4c5ccccc5-c5cc6c7ccccc7sc6c6cncc4c56)cc3c3ccc(-c4cnc5c(c4)sc4c6cccc7c6c(cc54)-c4ccccc4N7c4ccc5sc6ccccc6c5c4)cc32)cc1. The van der Waals surface area contributed by atoms with E-state index in [4.69, 9.17) is 9.97 Å². The van der Waals surface area contributed by atoms with Crippen LogP contribution in [0.4, 0.5) is 34.1 Å². The van der Waals surface area contributed by atoms with Gasteiger partial charge in [0.2, 0.25) is 0 Å². The number of fused-ring (bicyclic) bond motifs is 18. The van der Waals surface area contributed by atoms with E-state index in [9.17, 15) is 0 Å². The lowest BCUT2D eigenvalue weighted by molar-refractivity contribution is 1.18. The molecule has 0 aliphatic carbocycles. The van der Waals surface area contributed by atoms with Gasteiger partial charge in [0.1, 0.15) is 0 Å². The predicted molar refractivity (Wildman–Crippen MR) is 343 cm³/mol. The van der Waals surface area contributed by atoms with E-state index < -0.39 is 0 Å². The first-order valence-electron chi connectivity index (χ1n) is 27.0. The molecule has 2 aliphatic heterocycles. The van der Waals surface area contributed by atoms with Crippen LogP contribution in [-0.4, -0.2) is 14.5 Å². The van der Waals surface area contributed by atoms with Gasteiger partial charge in [-0.3, -0.25) is 9.97 Å². The normalized spacial score (nSPS) is 12.9. The quantitative estimate of drug-likeness (QED) is 0.176. The number of thiophene rings is 3.